The number of halogens is 2. The monoisotopic (exact) mass is 598 g/mol. The van der Waals surface area contributed by atoms with E-state index in [4.69, 9.17) is 4.84 Å². The van der Waals surface area contributed by atoms with Crippen molar-refractivity contribution in [3.05, 3.63) is 0 Å². The van der Waals surface area contributed by atoms with Crippen LogP contribution >= 0.6 is 37.2 Å². The van der Waals surface area contributed by atoms with E-state index in [1.165, 1.54) is 6.42 Å². The maximum atomic E-state index is 12.0. The van der Waals surface area contributed by atoms with Gasteiger partial charge in [0.05, 0.1) is 13.0 Å². The Morgan fingerprint density at radius 3 is 2.19 bits per heavy atom. The number of nitrogens with zero attached hydrogens (tertiary/aromatic N) is 2. The highest BCUT2D eigenvalue weighted by Gasteiger charge is 2.32. The topological polar surface area (TPSA) is 96.0 Å². The Labute approximate surface area is 177 Å². The average Bonchev–Trinajstić information content (AvgIpc) is 2.92. The van der Waals surface area contributed by atoms with E-state index in [0.717, 1.165) is 12.8 Å². The van der Waals surface area contributed by atoms with E-state index in [2.05, 4.69) is 61.3 Å². The third kappa shape index (κ3) is 7.25. The second-order valence-corrected chi connectivity index (χ2v) is 6.45. The molecule has 0 radical (unpaired) electrons. The number of carbonyl (C=O) groups excluding carboxylic acids is 4. The first-order valence-corrected chi connectivity index (χ1v) is 14.9. The third-order valence-electron chi connectivity index (χ3n) is 4.55. The van der Waals surface area contributed by atoms with Crippen LogP contribution in [-0.2, 0) is 24.0 Å². The fourth-order valence-electron chi connectivity index (χ4n) is 3.12. The average molecular weight is 598 g/mol. The number of hydroxylamine groups is 2. The first kappa shape index (κ1) is 23.5. The Bertz CT molecular complexity index is 506. The minimum absolute atomic E-state index is 0.0645. The van der Waals surface area contributed by atoms with Gasteiger partial charge in [-0.25, -0.2) is 4.79 Å². The number of carbonyl (C=O) groups is 4. The van der Waals surface area contributed by atoms with Crippen LogP contribution in [0.15, 0.2) is 0 Å². The predicted molar refractivity (Wildman–Crippen MR) is 112 cm³/mol. The molecule has 2 heterocycles. The molecule has 3 amide bonds. The normalized spacial score (nSPS) is 23.3. The van der Waals surface area contributed by atoms with Crippen molar-refractivity contribution in [1.29, 1.82) is 0 Å². The number of amides is 3. The van der Waals surface area contributed by atoms with Gasteiger partial charge in [-0.15, -0.1) is 5.06 Å². The van der Waals surface area contributed by atoms with Crippen molar-refractivity contribution >= 4 is 60.9 Å². The summed E-state index contributed by atoms with van der Waals surface area (Å²) in [5.41, 5.74) is 0. The van der Waals surface area contributed by atoms with Gasteiger partial charge in [-0.2, -0.15) is 0 Å². The fourth-order valence-corrected chi connectivity index (χ4v) is 3.12. The lowest BCUT2D eigenvalue weighted by molar-refractivity contribution is -0.197. The Morgan fingerprint density at radius 2 is 1.65 bits per heavy atom. The molecule has 2 aliphatic rings. The van der Waals surface area contributed by atoms with Gasteiger partial charge >= 0.3 is 5.97 Å². The van der Waals surface area contributed by atoms with E-state index >= 15 is 0 Å². The van der Waals surface area contributed by atoms with Gasteiger partial charge < -0.3 is 10.2 Å². The van der Waals surface area contributed by atoms with Crippen LogP contribution in [0.2, 0.25) is 0 Å². The molecule has 8 nitrogen and oxygen atoms in total. The number of hydrogen-bond donors (Lipinski definition) is 1. The third-order valence-corrected chi connectivity index (χ3v) is 4.55. The highest BCUT2D eigenvalue weighted by Crippen LogP contribution is 2.21. The van der Waals surface area contributed by atoms with Crippen LogP contribution in [0.25, 0.3) is 0 Å². The summed E-state index contributed by atoms with van der Waals surface area (Å²) in [6, 6.07) is 0.744. The van der Waals surface area contributed by atoms with Gasteiger partial charge in [0.1, 0.15) is 0 Å². The lowest BCUT2D eigenvalue weighted by atomic mass is 9.99. The summed E-state index contributed by atoms with van der Waals surface area (Å²) in [7, 11) is 0. The number of rotatable bonds is 6. The van der Waals surface area contributed by atoms with E-state index in [0.29, 0.717) is 23.7 Å². The van der Waals surface area contributed by atoms with E-state index in [1.807, 2.05) is 0 Å². The molecule has 0 aromatic rings. The Morgan fingerprint density at radius 1 is 1.12 bits per heavy atom. The summed E-state index contributed by atoms with van der Waals surface area (Å²) in [6.07, 6.45) is 3.39. The van der Waals surface area contributed by atoms with Crippen molar-refractivity contribution in [3.8, 4) is 0 Å². The van der Waals surface area contributed by atoms with Gasteiger partial charge in [-0.3, -0.25) is 19.3 Å². The predicted octanol–water partition coefficient (Wildman–Crippen LogP) is 2.13. The summed E-state index contributed by atoms with van der Waals surface area (Å²) in [5.74, 6) is -1.87. The number of hydrogen-bond acceptors (Lipinski definition) is 6. The molecular weight excluding hydrogens is 573 g/mol. The Kier molecular flexibility index (Phi) is 10.9. The van der Waals surface area contributed by atoms with Crippen LogP contribution in [0.3, 0.4) is 0 Å². The van der Waals surface area contributed by atoms with Crippen LogP contribution in [0.1, 0.15) is 52.4 Å². The van der Waals surface area contributed by atoms with Gasteiger partial charge in [-0.05, 0) is 26.7 Å². The van der Waals surface area contributed by atoms with Gasteiger partial charge in [-0.1, -0.05) is 6.42 Å². The zero-order valence-corrected chi connectivity index (χ0v) is 19.3. The first-order chi connectivity index (χ1) is 12.4. The summed E-state index contributed by atoms with van der Waals surface area (Å²) in [5, 5.41) is 3.19. The fraction of sp³-hybridized carbons (Fsp3) is 0.750. The molecule has 0 spiro atoms. The zero-order valence-electron chi connectivity index (χ0n) is 15.0. The molecule has 2 atom stereocenters. The summed E-state index contributed by atoms with van der Waals surface area (Å²) in [4.78, 5) is 53.2. The van der Waals surface area contributed by atoms with E-state index in [1.54, 1.807) is 0 Å². The van der Waals surface area contributed by atoms with Crippen LogP contribution in [0.4, 0.5) is 0 Å². The second kappa shape index (κ2) is 12.1. The molecule has 2 fully saturated rings. The number of nitrogens with one attached hydrogen (secondary N) is 1. The summed E-state index contributed by atoms with van der Waals surface area (Å²) in [6.45, 7) is 4.65. The first-order valence-electron chi connectivity index (χ1n) is 8.61. The molecule has 0 unspecified atom stereocenters. The standard InChI is InChI=1S/C16H25N3O5.I2/c1-11-4-3-5-12(2)18(11)10-13(20)17-9-8-16(23)24-19-14(21)6-7-15(19)22;1-2/h11-12H,3-10H2,1-2H3,(H,17,20);/t11-,12+;/i8+1,9+1,10+1,13+1,17+1;. The minimum Gasteiger partial charge on any atom is -0.354 e. The lowest BCUT2D eigenvalue weighted by Crippen LogP contribution is -2.48. The molecule has 148 valence electrons. The SMILES string of the molecule is C[C@@H]1CCC[C@H](C)N1[13CH2][13C](=O)[15NH][13CH2][13CH2]C(=O)ON1C(=O)CCC1=O.II. The molecule has 26 heavy (non-hydrogen) atoms. The van der Waals surface area contributed by atoms with E-state index < -0.39 is 17.8 Å². The highest BCUT2D eigenvalue weighted by molar-refractivity contribution is 15.0. The van der Waals surface area contributed by atoms with Crippen LogP contribution in [0.5, 0.6) is 0 Å². The minimum atomic E-state index is -0.710. The molecule has 2 rings (SSSR count). The van der Waals surface area contributed by atoms with Crippen molar-refractivity contribution in [1.82, 2.24) is 15.3 Å². The van der Waals surface area contributed by atoms with Crippen molar-refractivity contribution in [2.24, 2.45) is 0 Å². The molecule has 1 N–H and O–H groups in total. The lowest BCUT2D eigenvalue weighted by Gasteiger charge is -2.38. The highest BCUT2D eigenvalue weighted by atomic mass is 128. The molecular formula is C16H25I2N3O5. The molecule has 0 saturated carbocycles. The van der Waals surface area contributed by atoms with E-state index in [-0.39, 0.29) is 31.7 Å². The summed E-state index contributed by atoms with van der Waals surface area (Å²) < 4.78 is 0. The molecule has 0 aromatic heterocycles. The van der Waals surface area contributed by atoms with E-state index in [9.17, 15) is 19.2 Å². The van der Waals surface area contributed by atoms with Crippen molar-refractivity contribution in [2.75, 3.05) is 13.1 Å². The van der Waals surface area contributed by atoms with Crippen molar-refractivity contribution < 1.29 is 24.0 Å². The van der Waals surface area contributed by atoms with Crippen molar-refractivity contribution in [2.45, 2.75) is 64.5 Å². The summed E-state index contributed by atoms with van der Waals surface area (Å²) >= 11 is 4.24. The maximum absolute atomic E-state index is 12.0. The van der Waals surface area contributed by atoms with Crippen LogP contribution in [-0.4, -0.2) is 58.8 Å². The van der Waals surface area contributed by atoms with Crippen LogP contribution in [0, 0.1) is 0 Å². The Balaban J connectivity index is 0.00000163. The molecule has 0 bridgehead atoms. The van der Waals surface area contributed by atoms with Gasteiger partial charge in [0.25, 0.3) is 11.8 Å². The molecule has 0 aliphatic carbocycles. The molecule has 2 saturated heterocycles. The Hall–Kier alpha value is -0.500. The molecule has 10 heteroatoms. The number of likely N-dealkylation sites (tertiary alicyclic amines) is 1. The maximum Gasteiger partial charge on any atom is 0.334 e. The quantitative estimate of drug-likeness (QED) is 0.218. The smallest absolute Gasteiger partial charge is 0.334 e. The number of imide groups is 1. The molecule has 0 aromatic carbocycles. The number of piperidine rings is 1. The second-order valence-electron chi connectivity index (χ2n) is 6.45. The van der Waals surface area contributed by atoms with Crippen LogP contribution < -0.4 is 5.32 Å². The largest absolute Gasteiger partial charge is 0.354 e. The molecule has 2 aliphatic heterocycles. The van der Waals surface area contributed by atoms with Crippen molar-refractivity contribution in [3.63, 3.8) is 0 Å². The van der Waals surface area contributed by atoms with Gasteiger partial charge in [0, 0.05) is 68.7 Å². The van der Waals surface area contributed by atoms with Gasteiger partial charge in [0.15, 0.2) is 0 Å². The zero-order chi connectivity index (χ0) is 19.7. The van der Waals surface area contributed by atoms with Gasteiger partial charge in [0.2, 0.25) is 5.91 Å².